The van der Waals surface area contributed by atoms with E-state index in [1.54, 1.807) is 0 Å². The molecule has 1 heterocycles. The van der Waals surface area contributed by atoms with Crippen LogP contribution in [0.25, 0.3) is 0 Å². The monoisotopic (exact) mass is 263 g/mol. The van der Waals surface area contributed by atoms with Crippen molar-refractivity contribution in [3.8, 4) is 0 Å². The van der Waals surface area contributed by atoms with E-state index in [0.717, 1.165) is 6.92 Å². The molecule has 102 valence electrons. The molecule has 0 spiro atoms. The zero-order chi connectivity index (χ0) is 13.3. The van der Waals surface area contributed by atoms with Gasteiger partial charge in [-0.15, -0.1) is 0 Å². The molecule has 0 aromatic heterocycles. The molecule has 0 aromatic carbocycles. The summed E-state index contributed by atoms with van der Waals surface area (Å²) in [7, 11) is 0. The smallest absolute Gasteiger partial charge is 0.317 e. The van der Waals surface area contributed by atoms with Crippen LogP contribution >= 0.6 is 0 Å². The number of hydrogen-bond donors (Lipinski definition) is 1. The molecule has 1 saturated heterocycles. The van der Waals surface area contributed by atoms with Crippen molar-refractivity contribution < 1.29 is 26.3 Å². The number of rotatable bonds is 2. The lowest BCUT2D eigenvalue weighted by molar-refractivity contribution is -0.301. The molecule has 0 amide bonds. The van der Waals surface area contributed by atoms with Gasteiger partial charge >= 0.3 is 12.4 Å². The number of halogens is 6. The Morgan fingerprint density at radius 2 is 1.35 bits per heavy atom. The Bertz CT molecular complexity index is 226. The van der Waals surface area contributed by atoms with E-state index in [4.69, 9.17) is 0 Å². The minimum Gasteiger partial charge on any atom is -0.317 e. The van der Waals surface area contributed by atoms with E-state index >= 15 is 0 Å². The quantitative estimate of drug-likeness (QED) is 0.753. The molecule has 1 unspecified atom stereocenters. The van der Waals surface area contributed by atoms with Gasteiger partial charge in [0.15, 0.2) is 5.92 Å². The Morgan fingerprint density at radius 1 is 0.941 bits per heavy atom. The standard InChI is InChI=1S/C10H15F6N/c1-6(7-2-4-17-5-3-7)8(9(11,12)13)10(14,15)16/h6-8,17H,2-5H2,1H3. The number of alkyl halides is 6. The van der Waals surface area contributed by atoms with Gasteiger partial charge in [-0.1, -0.05) is 6.92 Å². The summed E-state index contributed by atoms with van der Waals surface area (Å²) < 4.78 is 74.9. The molecule has 7 heteroatoms. The first kappa shape index (κ1) is 14.6. The lowest BCUT2D eigenvalue weighted by Gasteiger charge is -2.35. The second-order valence-corrected chi connectivity index (χ2v) is 4.51. The van der Waals surface area contributed by atoms with Crippen molar-refractivity contribution in [1.82, 2.24) is 5.32 Å². The molecule has 0 radical (unpaired) electrons. The highest BCUT2D eigenvalue weighted by Gasteiger charge is 2.59. The molecule has 17 heavy (non-hydrogen) atoms. The molecule has 1 fully saturated rings. The Hall–Kier alpha value is -0.460. The Balaban J connectivity index is 2.82. The Labute approximate surface area is 95.6 Å². The van der Waals surface area contributed by atoms with Crippen LogP contribution in [0, 0.1) is 17.8 Å². The van der Waals surface area contributed by atoms with E-state index in [-0.39, 0.29) is 0 Å². The first-order valence-electron chi connectivity index (χ1n) is 5.48. The lowest BCUT2D eigenvalue weighted by Crippen LogP contribution is -2.45. The maximum absolute atomic E-state index is 12.5. The van der Waals surface area contributed by atoms with Crippen molar-refractivity contribution in [1.29, 1.82) is 0 Å². The highest BCUT2D eigenvalue weighted by Crippen LogP contribution is 2.47. The van der Waals surface area contributed by atoms with Crippen molar-refractivity contribution in [2.45, 2.75) is 32.1 Å². The molecule has 0 bridgehead atoms. The van der Waals surface area contributed by atoms with E-state index in [2.05, 4.69) is 5.32 Å². The zero-order valence-electron chi connectivity index (χ0n) is 9.33. The fourth-order valence-electron chi connectivity index (χ4n) is 2.42. The highest BCUT2D eigenvalue weighted by atomic mass is 19.4. The van der Waals surface area contributed by atoms with Crippen LogP contribution in [-0.4, -0.2) is 25.4 Å². The van der Waals surface area contributed by atoms with Crippen LogP contribution in [0.15, 0.2) is 0 Å². The molecule has 0 saturated carbocycles. The van der Waals surface area contributed by atoms with Crippen molar-refractivity contribution in [3.05, 3.63) is 0 Å². The van der Waals surface area contributed by atoms with Crippen LogP contribution < -0.4 is 5.32 Å². The summed E-state index contributed by atoms with van der Waals surface area (Å²) in [6.07, 6.45) is -9.71. The average Bonchev–Trinajstić information content (AvgIpc) is 2.14. The molecule has 1 nitrogen and oxygen atoms in total. The van der Waals surface area contributed by atoms with Crippen molar-refractivity contribution >= 4 is 0 Å². The summed E-state index contributed by atoms with van der Waals surface area (Å²) >= 11 is 0. The third kappa shape index (κ3) is 3.76. The first-order chi connectivity index (χ1) is 7.64. The summed E-state index contributed by atoms with van der Waals surface area (Å²) in [4.78, 5) is 0. The second kappa shape index (κ2) is 5.04. The fourth-order valence-corrected chi connectivity index (χ4v) is 2.42. The third-order valence-corrected chi connectivity index (χ3v) is 3.36. The van der Waals surface area contributed by atoms with Gasteiger partial charge in [0.2, 0.25) is 0 Å². The molecule has 1 atom stereocenters. The van der Waals surface area contributed by atoms with E-state index in [0.29, 0.717) is 25.9 Å². The minimum absolute atomic E-state index is 0.365. The van der Waals surface area contributed by atoms with Crippen LogP contribution in [0.5, 0.6) is 0 Å². The van der Waals surface area contributed by atoms with E-state index in [9.17, 15) is 26.3 Å². The number of hydrogen-bond acceptors (Lipinski definition) is 1. The Kier molecular flexibility index (Phi) is 4.33. The second-order valence-electron chi connectivity index (χ2n) is 4.51. The van der Waals surface area contributed by atoms with Gasteiger partial charge in [0.05, 0.1) is 0 Å². The van der Waals surface area contributed by atoms with Gasteiger partial charge in [0.1, 0.15) is 0 Å². The summed E-state index contributed by atoms with van der Waals surface area (Å²) in [5.74, 6) is -5.15. The average molecular weight is 263 g/mol. The number of nitrogens with one attached hydrogen (secondary N) is 1. The van der Waals surface area contributed by atoms with Gasteiger partial charge < -0.3 is 5.32 Å². The van der Waals surface area contributed by atoms with Gasteiger partial charge in [-0.3, -0.25) is 0 Å². The van der Waals surface area contributed by atoms with Crippen LogP contribution in [0.1, 0.15) is 19.8 Å². The maximum atomic E-state index is 12.5. The predicted octanol–water partition coefficient (Wildman–Crippen LogP) is 3.36. The molecule has 0 aromatic rings. The minimum atomic E-state index is -5.22. The topological polar surface area (TPSA) is 12.0 Å². The predicted molar refractivity (Wildman–Crippen MR) is 50.4 cm³/mol. The van der Waals surface area contributed by atoms with Crippen LogP contribution in [0.2, 0.25) is 0 Å². The first-order valence-corrected chi connectivity index (χ1v) is 5.48. The van der Waals surface area contributed by atoms with Gasteiger partial charge in [0, 0.05) is 0 Å². The summed E-state index contributed by atoms with van der Waals surface area (Å²) in [6.45, 7) is 2.02. The lowest BCUT2D eigenvalue weighted by atomic mass is 9.77. The van der Waals surface area contributed by atoms with Gasteiger partial charge in [0.25, 0.3) is 0 Å². The van der Waals surface area contributed by atoms with Crippen LogP contribution in [-0.2, 0) is 0 Å². The van der Waals surface area contributed by atoms with E-state index in [1.165, 1.54) is 0 Å². The Morgan fingerprint density at radius 3 is 1.71 bits per heavy atom. The molecule has 1 rings (SSSR count). The van der Waals surface area contributed by atoms with Crippen LogP contribution in [0.3, 0.4) is 0 Å². The zero-order valence-corrected chi connectivity index (χ0v) is 9.33. The molecule has 1 aliphatic rings. The van der Waals surface area contributed by atoms with Gasteiger partial charge in [-0.2, -0.15) is 26.3 Å². The normalized spacial score (nSPS) is 21.9. The molecular formula is C10H15F6N. The fraction of sp³-hybridized carbons (Fsp3) is 1.00. The van der Waals surface area contributed by atoms with Gasteiger partial charge in [-0.05, 0) is 37.8 Å². The molecular weight excluding hydrogens is 248 g/mol. The van der Waals surface area contributed by atoms with Gasteiger partial charge in [-0.25, -0.2) is 0 Å². The summed E-state index contributed by atoms with van der Waals surface area (Å²) in [6, 6.07) is 0. The van der Waals surface area contributed by atoms with Crippen molar-refractivity contribution in [3.63, 3.8) is 0 Å². The third-order valence-electron chi connectivity index (χ3n) is 3.36. The van der Waals surface area contributed by atoms with Crippen LogP contribution in [0.4, 0.5) is 26.3 Å². The van der Waals surface area contributed by atoms with Crippen molar-refractivity contribution in [2.24, 2.45) is 17.8 Å². The van der Waals surface area contributed by atoms with E-state index in [1.807, 2.05) is 0 Å². The molecule has 1 aliphatic heterocycles. The maximum Gasteiger partial charge on any atom is 0.400 e. The van der Waals surface area contributed by atoms with Crippen molar-refractivity contribution in [2.75, 3.05) is 13.1 Å². The number of piperidine rings is 1. The molecule has 0 aliphatic carbocycles. The highest BCUT2D eigenvalue weighted by molar-refractivity contribution is 4.86. The SMILES string of the molecule is CC(C1CCNCC1)C(C(F)(F)F)C(F)(F)F. The van der Waals surface area contributed by atoms with E-state index < -0.39 is 30.1 Å². The molecule has 1 N–H and O–H groups in total. The summed E-state index contributed by atoms with van der Waals surface area (Å²) in [5.41, 5.74) is 0. The largest absolute Gasteiger partial charge is 0.400 e. The summed E-state index contributed by atoms with van der Waals surface area (Å²) in [5, 5.41) is 2.92.